The second-order valence-electron chi connectivity index (χ2n) is 4.08. The molecule has 0 bridgehead atoms. The van der Waals surface area contributed by atoms with Crippen molar-refractivity contribution in [1.82, 2.24) is 0 Å². The van der Waals surface area contributed by atoms with Gasteiger partial charge in [-0.1, -0.05) is 13.8 Å². The summed E-state index contributed by atoms with van der Waals surface area (Å²) in [4.78, 5) is 22.3. The van der Waals surface area contributed by atoms with Crippen LogP contribution in [0.25, 0.3) is 0 Å². The van der Waals surface area contributed by atoms with E-state index >= 15 is 0 Å². The predicted octanol–water partition coefficient (Wildman–Crippen LogP) is -0.467. The summed E-state index contributed by atoms with van der Waals surface area (Å²) in [5.74, 6) is -1.97. The van der Waals surface area contributed by atoms with Crippen molar-refractivity contribution in [3.8, 4) is 0 Å². The Bertz CT molecular complexity index is 399. The number of rotatable bonds is 3. The molecule has 15 heavy (non-hydrogen) atoms. The van der Waals surface area contributed by atoms with Crippen molar-refractivity contribution in [2.24, 2.45) is 11.1 Å². The smallest absolute Gasteiger partial charge is 0.337 e. The molecule has 0 radical (unpaired) electrons. The molecule has 2 N–H and O–H groups in total. The highest BCUT2D eigenvalue weighted by Gasteiger charge is 2.57. The van der Waals surface area contributed by atoms with Crippen LogP contribution in [0.4, 0.5) is 0 Å². The largest absolute Gasteiger partial charge is 0.392 e. The van der Waals surface area contributed by atoms with Crippen molar-refractivity contribution in [2.45, 2.75) is 31.4 Å². The summed E-state index contributed by atoms with van der Waals surface area (Å²) in [6, 6.07) is 0. The molecule has 0 amide bonds. The average molecular weight is 235 g/mol. The van der Waals surface area contributed by atoms with E-state index < -0.39 is 33.1 Å². The Balaban J connectivity index is 3.20. The molecule has 1 aliphatic heterocycles. The third kappa shape index (κ3) is 2.03. The van der Waals surface area contributed by atoms with Crippen LogP contribution in [0.1, 0.15) is 26.7 Å². The number of cyclic esters (lactones) is 2. The summed E-state index contributed by atoms with van der Waals surface area (Å²) in [5, 5.41) is 5.00. The first-order valence-electron chi connectivity index (χ1n) is 4.46. The molecule has 1 aliphatic rings. The Labute approximate surface area is 87.8 Å². The average Bonchev–Trinajstić information content (AvgIpc) is 2.24. The Morgan fingerprint density at radius 2 is 2.00 bits per heavy atom. The zero-order valence-electron chi connectivity index (χ0n) is 8.52. The van der Waals surface area contributed by atoms with Gasteiger partial charge in [0.1, 0.15) is 0 Å². The minimum absolute atomic E-state index is 0.00356. The first-order valence-corrected chi connectivity index (χ1v) is 6.01. The van der Waals surface area contributed by atoms with Crippen molar-refractivity contribution < 1.29 is 22.7 Å². The molecule has 0 aromatic heterocycles. The van der Waals surface area contributed by atoms with Crippen molar-refractivity contribution >= 4 is 22.0 Å². The number of ether oxygens (including phenoxy) is 1. The first kappa shape index (κ1) is 12.1. The molecule has 1 fully saturated rings. The van der Waals surface area contributed by atoms with Crippen LogP contribution in [0.5, 0.6) is 0 Å². The number of esters is 2. The summed E-state index contributed by atoms with van der Waals surface area (Å²) >= 11 is 0. The molecular formula is C8H13NO5S. The molecule has 0 saturated carbocycles. The van der Waals surface area contributed by atoms with Gasteiger partial charge in [-0.2, -0.15) is 0 Å². The van der Waals surface area contributed by atoms with Gasteiger partial charge in [0, 0.05) is 0 Å². The summed E-state index contributed by atoms with van der Waals surface area (Å²) in [6.45, 7) is 3.48. The molecule has 0 aromatic rings. The van der Waals surface area contributed by atoms with Crippen LogP contribution in [0.2, 0.25) is 0 Å². The fourth-order valence-corrected chi connectivity index (χ4v) is 2.84. The van der Waals surface area contributed by atoms with E-state index in [2.05, 4.69) is 4.74 Å². The third-order valence-electron chi connectivity index (χ3n) is 2.29. The Hall–Kier alpha value is -0.950. The van der Waals surface area contributed by atoms with Crippen molar-refractivity contribution in [3.63, 3.8) is 0 Å². The molecule has 1 unspecified atom stereocenters. The molecule has 0 spiro atoms. The van der Waals surface area contributed by atoms with Gasteiger partial charge in [-0.25, -0.2) is 18.4 Å². The Morgan fingerprint density at radius 1 is 1.47 bits per heavy atom. The molecule has 0 aromatic carbocycles. The number of hydrogen-bond acceptors (Lipinski definition) is 5. The summed E-state index contributed by atoms with van der Waals surface area (Å²) in [6.07, 6.45) is -0.487. The number of hydrogen-bond donors (Lipinski definition) is 1. The molecular weight excluding hydrogens is 222 g/mol. The van der Waals surface area contributed by atoms with Crippen molar-refractivity contribution in [3.05, 3.63) is 0 Å². The van der Waals surface area contributed by atoms with Gasteiger partial charge in [0.2, 0.25) is 10.0 Å². The first-order chi connectivity index (χ1) is 6.69. The maximum atomic E-state index is 11.4. The molecule has 1 rings (SSSR count). The summed E-state index contributed by atoms with van der Waals surface area (Å²) < 4.78 is 25.1. The topological polar surface area (TPSA) is 104 Å². The van der Waals surface area contributed by atoms with Crippen molar-refractivity contribution in [1.29, 1.82) is 0 Å². The normalized spacial score (nSPS) is 27.2. The number of carbonyl (C=O) groups excluding carboxylic acids is 2. The van der Waals surface area contributed by atoms with Gasteiger partial charge in [0.05, 0.1) is 6.42 Å². The number of sulfonamides is 1. The fourth-order valence-electron chi connectivity index (χ4n) is 1.69. The Morgan fingerprint density at radius 3 is 2.27 bits per heavy atom. The second-order valence-corrected chi connectivity index (χ2v) is 5.95. The lowest BCUT2D eigenvalue weighted by Crippen LogP contribution is -2.48. The van der Waals surface area contributed by atoms with E-state index in [1.807, 2.05) is 0 Å². The highest BCUT2D eigenvalue weighted by atomic mass is 32.2. The standard InChI is InChI=1S/C8H13NO5S/c1-5(2)3-8(15(9,12)13)4-6(10)14-7(8)11/h5H,3-4H2,1-2H3,(H2,9,12,13). The number of carbonyl (C=O) groups is 2. The van der Waals surface area contributed by atoms with E-state index in [0.29, 0.717) is 0 Å². The molecule has 1 saturated heterocycles. The van der Waals surface area contributed by atoms with Crippen LogP contribution in [0.3, 0.4) is 0 Å². The minimum atomic E-state index is -4.14. The molecule has 6 nitrogen and oxygen atoms in total. The van der Waals surface area contributed by atoms with Crippen LogP contribution in [0.15, 0.2) is 0 Å². The SMILES string of the molecule is CC(C)CC1(S(N)(=O)=O)CC(=O)OC1=O. The Kier molecular flexibility index (Phi) is 2.88. The highest BCUT2D eigenvalue weighted by Crippen LogP contribution is 2.34. The van der Waals surface area contributed by atoms with E-state index in [0.717, 1.165) is 0 Å². The maximum absolute atomic E-state index is 11.4. The molecule has 1 heterocycles. The zero-order valence-corrected chi connectivity index (χ0v) is 9.33. The van der Waals surface area contributed by atoms with E-state index in [1.54, 1.807) is 13.8 Å². The maximum Gasteiger partial charge on any atom is 0.337 e. The summed E-state index contributed by atoms with van der Waals surface area (Å²) in [7, 11) is -4.14. The van der Waals surface area contributed by atoms with Crippen LogP contribution in [0, 0.1) is 5.92 Å². The van der Waals surface area contributed by atoms with Crippen molar-refractivity contribution in [2.75, 3.05) is 0 Å². The monoisotopic (exact) mass is 235 g/mol. The quantitative estimate of drug-likeness (QED) is 0.526. The highest BCUT2D eigenvalue weighted by molar-refractivity contribution is 7.91. The van der Waals surface area contributed by atoms with Gasteiger partial charge in [-0.3, -0.25) is 4.79 Å². The van der Waals surface area contributed by atoms with E-state index in [1.165, 1.54) is 0 Å². The van der Waals surface area contributed by atoms with Gasteiger partial charge >= 0.3 is 11.9 Å². The van der Waals surface area contributed by atoms with E-state index in [4.69, 9.17) is 5.14 Å². The molecule has 0 aliphatic carbocycles. The molecule has 86 valence electrons. The minimum Gasteiger partial charge on any atom is -0.392 e. The number of nitrogens with two attached hydrogens (primary N) is 1. The fraction of sp³-hybridized carbons (Fsp3) is 0.750. The van der Waals surface area contributed by atoms with Crippen LogP contribution in [-0.4, -0.2) is 25.1 Å². The third-order valence-corrected chi connectivity index (χ3v) is 3.86. The summed E-state index contributed by atoms with van der Waals surface area (Å²) in [5.41, 5.74) is 0. The van der Waals surface area contributed by atoms with Gasteiger partial charge in [-0.05, 0) is 12.3 Å². The second kappa shape index (κ2) is 3.57. The predicted molar refractivity (Wildman–Crippen MR) is 51.0 cm³/mol. The molecule has 1 atom stereocenters. The van der Waals surface area contributed by atoms with Crippen LogP contribution < -0.4 is 5.14 Å². The van der Waals surface area contributed by atoms with Gasteiger partial charge in [0.25, 0.3) is 0 Å². The van der Waals surface area contributed by atoms with E-state index in [-0.39, 0.29) is 12.3 Å². The van der Waals surface area contributed by atoms with Gasteiger partial charge in [0.15, 0.2) is 4.75 Å². The lowest BCUT2D eigenvalue weighted by atomic mass is 9.95. The van der Waals surface area contributed by atoms with Gasteiger partial charge in [-0.15, -0.1) is 0 Å². The molecule has 7 heteroatoms. The lowest BCUT2D eigenvalue weighted by molar-refractivity contribution is -0.152. The van der Waals surface area contributed by atoms with Gasteiger partial charge < -0.3 is 4.74 Å². The van der Waals surface area contributed by atoms with Crippen LogP contribution in [-0.2, 0) is 24.3 Å². The van der Waals surface area contributed by atoms with Crippen LogP contribution >= 0.6 is 0 Å². The lowest BCUT2D eigenvalue weighted by Gasteiger charge is -2.22. The zero-order chi connectivity index (χ0) is 11.9. The van der Waals surface area contributed by atoms with E-state index in [9.17, 15) is 18.0 Å². The number of primary sulfonamides is 1.